The number of aromatic nitrogens is 3. The zero-order valence-electron chi connectivity index (χ0n) is 24.9. The number of allylic oxidation sites excluding steroid dienone is 1. The first-order valence-electron chi connectivity index (χ1n) is 14.5. The average Bonchev–Trinajstić information content (AvgIpc) is 3.58. The molecular weight excluding hydrogens is 552 g/mol. The van der Waals surface area contributed by atoms with Crippen LogP contribution in [0.15, 0.2) is 53.5 Å². The molecule has 12 heteroatoms. The number of carbonyl (C=O) groups excluding carboxylic acids is 3. The summed E-state index contributed by atoms with van der Waals surface area (Å²) in [5.74, 6) is -0.137. The Morgan fingerprint density at radius 3 is 2.79 bits per heavy atom. The molecule has 1 saturated heterocycles. The van der Waals surface area contributed by atoms with Crippen molar-refractivity contribution in [1.29, 1.82) is 0 Å². The Kier molecular flexibility index (Phi) is 10.4. The molecule has 230 valence electrons. The number of nitrogens with two attached hydrogens (primary N) is 1. The predicted octanol–water partition coefficient (Wildman–Crippen LogP) is 3.25. The lowest BCUT2D eigenvalue weighted by Gasteiger charge is -2.23. The third-order valence-corrected chi connectivity index (χ3v) is 7.24. The van der Waals surface area contributed by atoms with Crippen LogP contribution in [0.2, 0.25) is 0 Å². The number of nitrogens with one attached hydrogen (secondary N) is 3. The summed E-state index contributed by atoms with van der Waals surface area (Å²) in [6, 6.07) is 8.11. The second kappa shape index (κ2) is 14.1. The highest BCUT2D eigenvalue weighted by atomic mass is 16.6. The van der Waals surface area contributed by atoms with Crippen molar-refractivity contribution in [3.8, 4) is 0 Å². The summed E-state index contributed by atoms with van der Waals surface area (Å²) in [5.41, 5.74) is 7.39. The summed E-state index contributed by atoms with van der Waals surface area (Å²) in [4.78, 5) is 58.3. The van der Waals surface area contributed by atoms with E-state index in [2.05, 4.69) is 35.5 Å². The smallest absolute Gasteiger partial charge is 0.407 e. The summed E-state index contributed by atoms with van der Waals surface area (Å²) in [6.07, 6.45) is 5.62. The van der Waals surface area contributed by atoms with E-state index in [1.165, 1.54) is 22.8 Å². The summed E-state index contributed by atoms with van der Waals surface area (Å²) in [7, 11) is 0. The van der Waals surface area contributed by atoms with E-state index in [0.717, 1.165) is 29.4 Å². The van der Waals surface area contributed by atoms with Gasteiger partial charge in [-0.15, -0.1) is 0 Å². The lowest BCUT2D eigenvalue weighted by Crippen LogP contribution is -2.45. The molecule has 3 aromatic rings. The molecule has 0 saturated carbocycles. The van der Waals surface area contributed by atoms with Gasteiger partial charge in [-0.2, -0.15) is 0 Å². The Hall–Kier alpha value is -4.45. The number of anilines is 1. The molecule has 1 unspecified atom stereocenters. The molecular formula is C31H40N6O6. The summed E-state index contributed by atoms with van der Waals surface area (Å²) in [5, 5.41) is 5.23. The van der Waals surface area contributed by atoms with Gasteiger partial charge in [0.2, 0.25) is 11.8 Å². The molecule has 1 aromatic carbocycles. The van der Waals surface area contributed by atoms with Crippen molar-refractivity contribution in [1.82, 2.24) is 19.9 Å². The maximum absolute atomic E-state index is 13.3. The molecule has 2 atom stereocenters. The van der Waals surface area contributed by atoms with E-state index in [0.29, 0.717) is 25.0 Å². The Morgan fingerprint density at radius 2 is 2.07 bits per heavy atom. The second-order valence-corrected chi connectivity index (χ2v) is 11.7. The predicted molar refractivity (Wildman–Crippen MR) is 162 cm³/mol. The topological polar surface area (TPSA) is 170 Å². The highest BCUT2D eigenvalue weighted by Crippen LogP contribution is 2.28. The summed E-state index contributed by atoms with van der Waals surface area (Å²) >= 11 is 0. The van der Waals surface area contributed by atoms with Crippen molar-refractivity contribution in [2.24, 2.45) is 17.1 Å². The Bertz CT molecular complexity index is 1530. The van der Waals surface area contributed by atoms with E-state index >= 15 is 0 Å². The van der Waals surface area contributed by atoms with Gasteiger partial charge in [0, 0.05) is 18.2 Å². The number of hydrogen-bond donors (Lipinski definition) is 4. The fourth-order valence-corrected chi connectivity index (χ4v) is 4.94. The van der Waals surface area contributed by atoms with Crippen LogP contribution < -0.4 is 21.9 Å². The summed E-state index contributed by atoms with van der Waals surface area (Å²) in [6.45, 7) is 7.66. The maximum Gasteiger partial charge on any atom is 0.407 e. The van der Waals surface area contributed by atoms with Gasteiger partial charge in [-0.3, -0.25) is 14.4 Å². The van der Waals surface area contributed by atoms with Crippen LogP contribution in [-0.2, 0) is 32.0 Å². The van der Waals surface area contributed by atoms with Gasteiger partial charge in [0.1, 0.15) is 24.2 Å². The van der Waals surface area contributed by atoms with Gasteiger partial charge < -0.3 is 35.4 Å². The number of imidazole rings is 1. The number of fused-ring (bicyclic) bond motifs is 1. The quantitative estimate of drug-likeness (QED) is 0.221. The number of benzene rings is 1. The van der Waals surface area contributed by atoms with Gasteiger partial charge in [0.25, 0.3) is 5.56 Å². The highest BCUT2D eigenvalue weighted by molar-refractivity contribution is 5.96. The Labute approximate surface area is 250 Å². The van der Waals surface area contributed by atoms with E-state index < -0.39 is 29.5 Å². The minimum Gasteiger partial charge on any atom is -0.449 e. The fraction of sp³-hybridized carbons (Fsp3) is 0.452. The number of ether oxygens (including phenoxy) is 2. The molecule has 12 nitrogen and oxygen atoms in total. The van der Waals surface area contributed by atoms with E-state index in [4.69, 9.17) is 20.2 Å². The Balaban J connectivity index is 1.46. The van der Waals surface area contributed by atoms with E-state index in [1.807, 2.05) is 19.1 Å². The van der Waals surface area contributed by atoms with Crippen LogP contribution >= 0.6 is 0 Å². The van der Waals surface area contributed by atoms with Crippen LogP contribution in [-0.4, -0.2) is 58.3 Å². The van der Waals surface area contributed by atoms with Crippen LogP contribution in [0.5, 0.6) is 0 Å². The number of rotatable bonds is 13. The lowest BCUT2D eigenvalue weighted by atomic mass is 9.91. The van der Waals surface area contributed by atoms with Gasteiger partial charge >= 0.3 is 6.09 Å². The zero-order valence-corrected chi connectivity index (χ0v) is 24.9. The first-order chi connectivity index (χ1) is 20.5. The molecule has 2 aromatic heterocycles. The van der Waals surface area contributed by atoms with Gasteiger partial charge in [-0.05, 0) is 61.4 Å². The molecule has 0 aliphatic carbocycles. The molecule has 0 radical (unpaired) electrons. The van der Waals surface area contributed by atoms with Crippen molar-refractivity contribution in [2.45, 2.75) is 59.0 Å². The number of hydrogen-bond acceptors (Lipinski definition) is 7. The van der Waals surface area contributed by atoms with Gasteiger partial charge in [-0.25, -0.2) is 9.78 Å². The number of nitrogens with zero attached hydrogens (tertiary/aromatic N) is 2. The number of pyridine rings is 1. The number of carbonyl (C=O) groups is 3. The normalized spacial score (nSPS) is 17.4. The molecule has 1 aliphatic heterocycles. The van der Waals surface area contributed by atoms with Crippen molar-refractivity contribution in [3.63, 3.8) is 0 Å². The van der Waals surface area contributed by atoms with Gasteiger partial charge in [0.05, 0.1) is 24.2 Å². The van der Waals surface area contributed by atoms with Crippen LogP contribution in [0.4, 0.5) is 10.5 Å². The second-order valence-electron chi connectivity index (χ2n) is 11.7. The van der Waals surface area contributed by atoms with Gasteiger partial charge in [-0.1, -0.05) is 39.0 Å². The number of primary amides is 1. The number of H-pyrrole nitrogens is 1. The zero-order chi connectivity index (χ0) is 31.0. The third-order valence-electron chi connectivity index (χ3n) is 7.24. The molecule has 0 spiro atoms. The molecule has 4 rings (SSSR count). The van der Waals surface area contributed by atoms with E-state index in [9.17, 15) is 19.2 Å². The molecule has 5 N–H and O–H groups in total. The third kappa shape index (κ3) is 8.77. The highest BCUT2D eigenvalue weighted by Gasteiger charge is 2.32. The van der Waals surface area contributed by atoms with E-state index in [1.54, 1.807) is 12.3 Å². The van der Waals surface area contributed by atoms with Gasteiger partial charge in [0.15, 0.2) is 0 Å². The molecule has 0 bridgehead atoms. The SMILES string of the molecule is CC(C)Cc1cccc2[nH]c(Cn3cccc(NC(=O)[C@H](CC/C=C/C(N)=O)NC(=O)OCC4(C)CCOC4)c3=O)nc12. The minimum absolute atomic E-state index is 0.0487. The monoisotopic (exact) mass is 592 g/mol. The minimum atomic E-state index is -1.04. The Morgan fingerprint density at radius 1 is 1.26 bits per heavy atom. The number of alkyl carbamates (subject to hydrolysis) is 1. The van der Waals surface area contributed by atoms with E-state index in [-0.39, 0.29) is 37.1 Å². The standard InChI is InChI=1S/C31H40N6O6/c1-20(2)16-21-8-6-10-22-27(21)36-26(33-22)17-37-14-7-11-24(29(37)40)34-28(39)23(9-4-5-12-25(32)38)35-30(41)43-19-31(3)13-15-42-18-31/h5-8,10-12,14,20,23H,4,9,13,15-19H2,1-3H3,(H2,32,38)(H,33,36)(H,34,39)(H,35,41)/b12-5+/t23-,31?/m0/s1. The molecule has 43 heavy (non-hydrogen) atoms. The molecule has 3 amide bonds. The fourth-order valence-electron chi connectivity index (χ4n) is 4.94. The first kappa shape index (κ1) is 31.5. The largest absolute Gasteiger partial charge is 0.449 e. The molecule has 1 fully saturated rings. The van der Waals surface area contributed by atoms with Crippen molar-refractivity contribution in [3.05, 3.63) is 70.4 Å². The number of para-hydroxylation sites is 1. The van der Waals surface area contributed by atoms with Crippen molar-refractivity contribution < 1.29 is 23.9 Å². The number of aromatic amines is 1. The lowest BCUT2D eigenvalue weighted by molar-refractivity contribution is -0.118. The van der Waals surface area contributed by atoms with Crippen LogP contribution in [0.25, 0.3) is 11.0 Å². The van der Waals surface area contributed by atoms with Crippen molar-refractivity contribution >= 4 is 34.6 Å². The van der Waals surface area contributed by atoms with Crippen molar-refractivity contribution in [2.75, 3.05) is 25.1 Å². The average molecular weight is 593 g/mol. The van der Waals surface area contributed by atoms with Crippen LogP contribution in [0.3, 0.4) is 0 Å². The molecule has 1 aliphatic rings. The van der Waals surface area contributed by atoms with Crippen LogP contribution in [0, 0.1) is 11.3 Å². The number of amides is 3. The van der Waals surface area contributed by atoms with Crippen LogP contribution in [0.1, 0.15) is 51.4 Å². The first-order valence-corrected chi connectivity index (χ1v) is 14.5. The maximum atomic E-state index is 13.3. The molecule has 3 heterocycles. The summed E-state index contributed by atoms with van der Waals surface area (Å²) < 4.78 is 12.2.